The Kier molecular flexibility index (Phi) is 5.10. The first kappa shape index (κ1) is 20.4. The minimum Gasteiger partial charge on any atom is -0.475 e. The molecule has 1 saturated carbocycles. The quantitative estimate of drug-likeness (QED) is 0.385. The molecule has 0 radical (unpaired) electrons. The second kappa shape index (κ2) is 8.27. The summed E-state index contributed by atoms with van der Waals surface area (Å²) in [5.74, 6) is 1.32. The van der Waals surface area contributed by atoms with Gasteiger partial charge in [-0.15, -0.1) is 11.3 Å². The number of pyridine rings is 1. The SMILES string of the molecule is Cc1nc(C(=O)N2C(COc3cc4ccccc4cn3)CC3CC2C3)c(-c2ccccc2)s1. The van der Waals surface area contributed by atoms with Gasteiger partial charge in [0, 0.05) is 23.7 Å². The van der Waals surface area contributed by atoms with Crippen LogP contribution in [0.25, 0.3) is 21.2 Å². The highest BCUT2D eigenvalue weighted by molar-refractivity contribution is 7.15. The third-order valence-corrected chi connectivity index (χ3v) is 7.86. The smallest absolute Gasteiger partial charge is 0.274 e. The van der Waals surface area contributed by atoms with Gasteiger partial charge in [-0.25, -0.2) is 9.97 Å². The lowest BCUT2D eigenvalue weighted by molar-refractivity contribution is -0.0312. The predicted octanol–water partition coefficient (Wildman–Crippen LogP) is 5.74. The van der Waals surface area contributed by atoms with Gasteiger partial charge in [-0.1, -0.05) is 54.6 Å². The molecule has 6 heteroatoms. The highest BCUT2D eigenvalue weighted by Crippen LogP contribution is 2.44. The molecule has 2 aliphatic heterocycles. The molecular weight excluding hydrogens is 430 g/mol. The molecule has 1 unspecified atom stereocenters. The molecule has 2 saturated heterocycles. The molecular formula is C27H25N3O2S. The van der Waals surface area contributed by atoms with E-state index in [1.54, 1.807) is 11.3 Å². The Morgan fingerprint density at radius 2 is 1.82 bits per heavy atom. The van der Waals surface area contributed by atoms with Gasteiger partial charge in [0.2, 0.25) is 5.88 Å². The molecule has 0 spiro atoms. The fourth-order valence-electron chi connectivity index (χ4n) is 5.20. The lowest BCUT2D eigenvalue weighted by atomic mass is 9.70. The van der Waals surface area contributed by atoms with Crippen molar-refractivity contribution < 1.29 is 9.53 Å². The van der Waals surface area contributed by atoms with Crippen LogP contribution in [0, 0.1) is 12.8 Å². The number of hydrogen-bond acceptors (Lipinski definition) is 5. The lowest BCUT2D eigenvalue weighted by Crippen LogP contribution is -2.60. The number of nitrogens with zero attached hydrogens (tertiary/aromatic N) is 3. The molecule has 4 heterocycles. The highest BCUT2D eigenvalue weighted by Gasteiger charge is 2.47. The topological polar surface area (TPSA) is 55.3 Å². The van der Waals surface area contributed by atoms with Crippen LogP contribution in [0.15, 0.2) is 66.9 Å². The summed E-state index contributed by atoms with van der Waals surface area (Å²) in [5.41, 5.74) is 1.62. The van der Waals surface area contributed by atoms with Gasteiger partial charge in [-0.3, -0.25) is 4.79 Å². The number of aromatic nitrogens is 2. The van der Waals surface area contributed by atoms with E-state index in [1.807, 2.05) is 67.7 Å². The molecule has 7 rings (SSSR count). The van der Waals surface area contributed by atoms with Gasteiger partial charge in [-0.05, 0) is 43.1 Å². The number of carbonyl (C=O) groups excluding carboxylic acids is 1. The van der Waals surface area contributed by atoms with Crippen molar-refractivity contribution in [2.75, 3.05) is 6.61 Å². The van der Waals surface area contributed by atoms with Gasteiger partial charge in [0.05, 0.1) is 15.9 Å². The zero-order valence-electron chi connectivity index (χ0n) is 18.5. The monoisotopic (exact) mass is 455 g/mol. The Balaban J connectivity index is 1.26. The summed E-state index contributed by atoms with van der Waals surface area (Å²) in [7, 11) is 0. The van der Waals surface area contributed by atoms with Crippen molar-refractivity contribution in [2.45, 2.75) is 38.3 Å². The van der Waals surface area contributed by atoms with Gasteiger partial charge in [0.15, 0.2) is 0 Å². The summed E-state index contributed by atoms with van der Waals surface area (Å²) < 4.78 is 6.14. The van der Waals surface area contributed by atoms with Gasteiger partial charge in [0.25, 0.3) is 5.91 Å². The fourth-order valence-corrected chi connectivity index (χ4v) is 6.12. The molecule has 4 aromatic rings. The Labute approximate surface area is 197 Å². The summed E-state index contributed by atoms with van der Waals surface area (Å²) in [4.78, 5) is 26.0. The Hall–Kier alpha value is -3.25. The van der Waals surface area contributed by atoms with Crippen molar-refractivity contribution in [3.8, 4) is 16.3 Å². The van der Waals surface area contributed by atoms with E-state index in [-0.39, 0.29) is 18.0 Å². The molecule has 2 aromatic carbocycles. The average Bonchev–Trinajstić information content (AvgIpc) is 3.23. The Bertz CT molecular complexity index is 1310. The molecule has 0 N–H and O–H groups in total. The maximum atomic E-state index is 13.8. The number of ether oxygens (including phenoxy) is 1. The third kappa shape index (κ3) is 3.78. The molecule has 33 heavy (non-hydrogen) atoms. The zero-order chi connectivity index (χ0) is 22.4. The maximum absolute atomic E-state index is 13.8. The molecule has 166 valence electrons. The van der Waals surface area contributed by atoms with E-state index in [2.05, 4.69) is 20.9 Å². The molecule has 3 fully saturated rings. The Morgan fingerprint density at radius 3 is 2.64 bits per heavy atom. The summed E-state index contributed by atoms with van der Waals surface area (Å²) in [5, 5.41) is 3.11. The van der Waals surface area contributed by atoms with Crippen LogP contribution in [0.5, 0.6) is 5.88 Å². The van der Waals surface area contributed by atoms with Crippen LogP contribution in [0.4, 0.5) is 0 Å². The predicted molar refractivity (Wildman–Crippen MR) is 131 cm³/mol. The normalized spacial score (nSPS) is 21.6. The number of amides is 1. The minimum atomic E-state index is 0.0291. The van der Waals surface area contributed by atoms with Gasteiger partial charge in [-0.2, -0.15) is 0 Å². The number of hydrogen-bond donors (Lipinski definition) is 0. The molecule has 1 amide bonds. The molecule has 2 bridgehead atoms. The van der Waals surface area contributed by atoms with E-state index < -0.39 is 0 Å². The van der Waals surface area contributed by atoms with Crippen molar-refractivity contribution in [3.05, 3.63) is 77.6 Å². The molecule has 3 aliphatic rings. The van der Waals surface area contributed by atoms with E-state index in [9.17, 15) is 4.79 Å². The van der Waals surface area contributed by atoms with E-state index >= 15 is 0 Å². The molecule has 5 nitrogen and oxygen atoms in total. The van der Waals surface area contributed by atoms with Crippen LogP contribution in [-0.4, -0.2) is 39.5 Å². The van der Waals surface area contributed by atoms with Gasteiger partial charge >= 0.3 is 0 Å². The van der Waals surface area contributed by atoms with Crippen LogP contribution in [0.3, 0.4) is 0 Å². The number of fused-ring (bicyclic) bond motifs is 3. The zero-order valence-corrected chi connectivity index (χ0v) is 19.3. The van der Waals surface area contributed by atoms with Crippen LogP contribution >= 0.6 is 11.3 Å². The van der Waals surface area contributed by atoms with Crippen molar-refractivity contribution >= 4 is 28.0 Å². The van der Waals surface area contributed by atoms with Crippen LogP contribution in [0.2, 0.25) is 0 Å². The third-order valence-electron chi connectivity index (χ3n) is 6.84. The van der Waals surface area contributed by atoms with Crippen molar-refractivity contribution in [2.24, 2.45) is 5.92 Å². The van der Waals surface area contributed by atoms with E-state index in [4.69, 9.17) is 4.74 Å². The fraction of sp³-hybridized carbons (Fsp3) is 0.296. The number of rotatable bonds is 5. The highest BCUT2D eigenvalue weighted by atomic mass is 32.1. The van der Waals surface area contributed by atoms with Crippen LogP contribution < -0.4 is 4.74 Å². The van der Waals surface area contributed by atoms with Crippen molar-refractivity contribution in [1.29, 1.82) is 0 Å². The summed E-state index contributed by atoms with van der Waals surface area (Å²) in [6.07, 6.45) is 4.98. The van der Waals surface area contributed by atoms with E-state index in [0.717, 1.165) is 45.5 Å². The second-order valence-electron chi connectivity index (χ2n) is 9.05. The molecule has 1 atom stereocenters. The maximum Gasteiger partial charge on any atom is 0.274 e. The standard InChI is InChI=1S/C27H25N3O2S/c1-17-29-25(26(33-17)19-7-3-2-4-8-19)27(31)30-22-11-18(12-22)13-23(30)16-32-24-14-20-9-5-6-10-21(20)15-28-24/h2-10,14-15,18,22-23H,11-13,16H2,1H3. The average molecular weight is 456 g/mol. The summed E-state index contributed by atoms with van der Waals surface area (Å²) in [6, 6.07) is 20.5. The largest absolute Gasteiger partial charge is 0.475 e. The number of aryl methyl sites for hydroxylation is 1. The van der Waals surface area contributed by atoms with Crippen molar-refractivity contribution in [3.63, 3.8) is 0 Å². The Morgan fingerprint density at radius 1 is 1.06 bits per heavy atom. The number of piperidine rings is 2. The number of thiazole rings is 1. The minimum absolute atomic E-state index is 0.0291. The first-order valence-electron chi connectivity index (χ1n) is 11.5. The molecule has 1 aliphatic carbocycles. The van der Waals surface area contributed by atoms with E-state index in [1.165, 1.54) is 0 Å². The second-order valence-corrected chi connectivity index (χ2v) is 10.3. The van der Waals surface area contributed by atoms with Crippen LogP contribution in [-0.2, 0) is 0 Å². The lowest BCUT2D eigenvalue weighted by Gasteiger charge is -2.53. The summed E-state index contributed by atoms with van der Waals surface area (Å²) in [6.45, 7) is 2.42. The number of benzene rings is 2. The van der Waals surface area contributed by atoms with E-state index in [0.29, 0.717) is 24.1 Å². The molecule has 2 aromatic heterocycles. The first-order valence-corrected chi connectivity index (χ1v) is 12.3. The first-order chi connectivity index (χ1) is 16.2. The van der Waals surface area contributed by atoms with Gasteiger partial charge < -0.3 is 9.64 Å². The van der Waals surface area contributed by atoms with Crippen LogP contribution in [0.1, 0.15) is 34.8 Å². The van der Waals surface area contributed by atoms with Gasteiger partial charge in [0.1, 0.15) is 12.3 Å². The van der Waals surface area contributed by atoms with Crippen molar-refractivity contribution in [1.82, 2.24) is 14.9 Å². The number of carbonyl (C=O) groups is 1. The summed E-state index contributed by atoms with van der Waals surface area (Å²) >= 11 is 1.59.